The fraction of sp³-hybridized carbons (Fsp3) is 0.217. The van der Waals surface area contributed by atoms with Crippen LogP contribution in [0.3, 0.4) is 0 Å². The minimum atomic E-state index is -0.273. The van der Waals surface area contributed by atoms with Crippen molar-refractivity contribution in [2.24, 2.45) is 0 Å². The van der Waals surface area contributed by atoms with Crippen molar-refractivity contribution in [2.75, 3.05) is 9.80 Å². The van der Waals surface area contributed by atoms with Crippen LogP contribution < -0.4 is 26.2 Å². The number of benzene rings is 9. The first-order chi connectivity index (χ1) is 34.4. The molecule has 0 aliphatic carbocycles. The lowest BCUT2D eigenvalue weighted by molar-refractivity contribution is 0.590. The SMILES string of the molecule is Cc1cc2c3c(c1)N(c1cccc(C(C)(C)C)c1)c1cc(C(C)(C)C)ccc1B3c1cc(C(C)(C)c3ccc(-c4ccccc4)cc3)ccc1N2c1ccc(C(C)(C)c2ccc(-c3ccccc3)cc2)cc1. The Bertz CT molecular complexity index is 3460. The Balaban J connectivity index is 1.09. The largest absolute Gasteiger partial charge is 0.311 e. The van der Waals surface area contributed by atoms with E-state index in [-0.39, 0.29) is 28.4 Å². The monoisotopic (exact) mass is 935 g/mol. The zero-order valence-corrected chi connectivity index (χ0v) is 44.1. The van der Waals surface area contributed by atoms with E-state index in [0.717, 1.165) is 5.69 Å². The van der Waals surface area contributed by atoms with Crippen LogP contribution in [-0.4, -0.2) is 6.71 Å². The predicted molar refractivity (Wildman–Crippen MR) is 311 cm³/mol. The maximum Gasteiger partial charge on any atom is 0.252 e. The van der Waals surface area contributed by atoms with Gasteiger partial charge in [0, 0.05) is 45.0 Å². The lowest BCUT2D eigenvalue weighted by Crippen LogP contribution is -2.61. The van der Waals surface area contributed by atoms with Crippen molar-refractivity contribution in [3.8, 4) is 22.3 Å². The molecule has 0 bridgehead atoms. The van der Waals surface area contributed by atoms with Gasteiger partial charge in [-0.15, -0.1) is 0 Å². The molecule has 2 heterocycles. The normalized spacial score (nSPS) is 13.4. The quantitative estimate of drug-likeness (QED) is 0.140. The second kappa shape index (κ2) is 17.4. The summed E-state index contributed by atoms with van der Waals surface area (Å²) >= 11 is 0. The maximum atomic E-state index is 2.59. The van der Waals surface area contributed by atoms with Gasteiger partial charge >= 0.3 is 0 Å². The summed E-state index contributed by atoms with van der Waals surface area (Å²) < 4.78 is 0. The minimum Gasteiger partial charge on any atom is -0.311 e. The minimum absolute atomic E-state index is 0.00110. The molecule has 356 valence electrons. The van der Waals surface area contributed by atoms with Gasteiger partial charge in [0.2, 0.25) is 0 Å². The predicted octanol–water partition coefficient (Wildman–Crippen LogP) is 16.7. The highest BCUT2D eigenvalue weighted by atomic mass is 15.2. The molecular formula is C69H67BN2. The van der Waals surface area contributed by atoms with E-state index in [9.17, 15) is 0 Å². The van der Waals surface area contributed by atoms with E-state index in [2.05, 4.69) is 292 Å². The first kappa shape index (κ1) is 47.0. The van der Waals surface area contributed by atoms with Crippen LogP contribution >= 0.6 is 0 Å². The summed E-state index contributed by atoms with van der Waals surface area (Å²) in [5, 5.41) is 0. The van der Waals surface area contributed by atoms with Crippen LogP contribution in [0.2, 0.25) is 0 Å². The van der Waals surface area contributed by atoms with Crippen LogP contribution in [0.1, 0.15) is 108 Å². The molecule has 3 heteroatoms. The Hall–Kier alpha value is -7.36. The van der Waals surface area contributed by atoms with E-state index in [1.807, 2.05) is 0 Å². The number of anilines is 6. The zero-order valence-electron chi connectivity index (χ0n) is 44.1. The van der Waals surface area contributed by atoms with Gasteiger partial charge in [0.15, 0.2) is 0 Å². The van der Waals surface area contributed by atoms with Crippen LogP contribution in [0.5, 0.6) is 0 Å². The summed E-state index contributed by atoms with van der Waals surface area (Å²) in [4.78, 5) is 5.15. The molecule has 72 heavy (non-hydrogen) atoms. The van der Waals surface area contributed by atoms with E-state index in [0.29, 0.717) is 0 Å². The number of hydrogen-bond acceptors (Lipinski definition) is 2. The van der Waals surface area contributed by atoms with Crippen LogP contribution in [0, 0.1) is 6.92 Å². The van der Waals surface area contributed by atoms with Gasteiger partial charge in [-0.3, -0.25) is 0 Å². The number of aryl methyl sites for hydroxylation is 1. The second-order valence-electron chi connectivity index (χ2n) is 23.6. The van der Waals surface area contributed by atoms with Gasteiger partial charge in [-0.2, -0.15) is 0 Å². The zero-order chi connectivity index (χ0) is 50.3. The van der Waals surface area contributed by atoms with E-state index >= 15 is 0 Å². The molecule has 0 atom stereocenters. The van der Waals surface area contributed by atoms with E-state index in [1.54, 1.807) is 0 Å². The fourth-order valence-electron chi connectivity index (χ4n) is 11.4. The lowest BCUT2D eigenvalue weighted by atomic mass is 9.33. The summed E-state index contributed by atoms with van der Waals surface area (Å²) in [6.45, 7) is 25.7. The second-order valence-corrected chi connectivity index (χ2v) is 23.6. The smallest absolute Gasteiger partial charge is 0.252 e. The van der Waals surface area contributed by atoms with Gasteiger partial charge in [0.05, 0.1) is 0 Å². The Morgan fingerprint density at radius 1 is 0.306 bits per heavy atom. The van der Waals surface area contributed by atoms with Crippen molar-refractivity contribution in [1.82, 2.24) is 0 Å². The number of hydrogen-bond donors (Lipinski definition) is 0. The van der Waals surface area contributed by atoms with Gasteiger partial charge in [0.1, 0.15) is 0 Å². The number of fused-ring (bicyclic) bond motifs is 4. The summed E-state index contributed by atoms with van der Waals surface area (Å²) in [6, 6.07) is 78.0. The van der Waals surface area contributed by atoms with Gasteiger partial charge in [-0.25, -0.2) is 0 Å². The van der Waals surface area contributed by atoms with Crippen molar-refractivity contribution >= 4 is 57.2 Å². The fourth-order valence-corrected chi connectivity index (χ4v) is 11.4. The molecule has 9 aromatic rings. The molecule has 0 saturated heterocycles. The van der Waals surface area contributed by atoms with Crippen LogP contribution in [-0.2, 0) is 21.7 Å². The van der Waals surface area contributed by atoms with E-state index < -0.39 is 0 Å². The van der Waals surface area contributed by atoms with E-state index in [4.69, 9.17) is 0 Å². The third kappa shape index (κ3) is 8.18. The molecule has 2 aliphatic heterocycles. The summed E-state index contributed by atoms with van der Waals surface area (Å²) in [7, 11) is 0. The van der Waals surface area contributed by atoms with Gasteiger partial charge < -0.3 is 9.80 Å². The molecule has 0 N–H and O–H groups in total. The molecule has 0 saturated carbocycles. The highest BCUT2D eigenvalue weighted by molar-refractivity contribution is 7.00. The molecule has 9 aromatic carbocycles. The number of rotatable bonds is 8. The first-order valence-corrected chi connectivity index (χ1v) is 25.9. The average molecular weight is 935 g/mol. The highest BCUT2D eigenvalue weighted by Crippen LogP contribution is 2.47. The molecular weight excluding hydrogens is 868 g/mol. The Kier molecular flexibility index (Phi) is 11.4. The van der Waals surface area contributed by atoms with Crippen LogP contribution in [0.25, 0.3) is 22.3 Å². The average Bonchev–Trinajstić information content (AvgIpc) is 3.38. The molecule has 0 unspecified atom stereocenters. The first-order valence-electron chi connectivity index (χ1n) is 25.9. The summed E-state index contributed by atoms with van der Waals surface area (Å²) in [5.74, 6) is 0. The van der Waals surface area contributed by atoms with Crippen molar-refractivity contribution in [1.29, 1.82) is 0 Å². The van der Waals surface area contributed by atoms with Gasteiger partial charge in [-0.05, 0) is 144 Å². The third-order valence-electron chi connectivity index (χ3n) is 16.0. The molecule has 0 amide bonds. The van der Waals surface area contributed by atoms with Crippen LogP contribution in [0.4, 0.5) is 34.1 Å². The van der Waals surface area contributed by atoms with Gasteiger partial charge in [0.25, 0.3) is 6.71 Å². The van der Waals surface area contributed by atoms with Gasteiger partial charge in [-0.1, -0.05) is 227 Å². The van der Waals surface area contributed by atoms with Crippen molar-refractivity contribution < 1.29 is 0 Å². The Labute approximate surface area is 430 Å². The molecule has 0 radical (unpaired) electrons. The standard InChI is InChI=1S/C69H67BN2/c1-46-41-63-65-64(42-46)72(58-24-18-23-54(43-58)66(2,3)4)62-45-55(67(5,6)7)35-39-59(62)70(65)60-44-56(69(10,11)52-31-27-50(28-32-52)48-21-16-13-17-22-48)36-40-61(60)71(63)57-37-33-53(34-38-57)68(8,9)51-29-25-49(26-30-51)47-19-14-12-15-20-47/h12-45H,1-11H3. The highest BCUT2D eigenvalue weighted by Gasteiger charge is 2.44. The van der Waals surface area contributed by atoms with Crippen LogP contribution in [0.15, 0.2) is 206 Å². The molecule has 2 aliphatic rings. The maximum absolute atomic E-state index is 2.59. The summed E-state index contributed by atoms with van der Waals surface area (Å²) in [5.41, 5.74) is 24.8. The van der Waals surface area contributed by atoms with Crippen molar-refractivity contribution in [3.63, 3.8) is 0 Å². The molecule has 0 fully saturated rings. The Morgan fingerprint density at radius 3 is 1.28 bits per heavy atom. The third-order valence-corrected chi connectivity index (χ3v) is 16.0. The summed E-state index contributed by atoms with van der Waals surface area (Å²) in [6.07, 6.45) is 0. The molecule has 0 aromatic heterocycles. The lowest BCUT2D eigenvalue weighted by Gasteiger charge is -2.45. The number of nitrogens with zero attached hydrogens (tertiary/aromatic N) is 2. The van der Waals surface area contributed by atoms with E-state index in [1.165, 1.54) is 106 Å². The van der Waals surface area contributed by atoms with Crippen molar-refractivity contribution in [3.05, 3.63) is 245 Å². The topological polar surface area (TPSA) is 6.48 Å². The Morgan fingerprint density at radius 2 is 0.750 bits per heavy atom. The molecule has 2 nitrogen and oxygen atoms in total. The van der Waals surface area contributed by atoms with Crippen molar-refractivity contribution in [2.45, 2.75) is 97.8 Å². The molecule has 0 spiro atoms. The molecule has 11 rings (SSSR count).